The van der Waals surface area contributed by atoms with Crippen LogP contribution in [0.1, 0.15) is 49.3 Å². The number of nitriles is 1. The lowest BCUT2D eigenvalue weighted by Gasteiger charge is -2.38. The molecule has 8 nitrogen and oxygen atoms in total. The molecule has 222 valence electrons. The van der Waals surface area contributed by atoms with Gasteiger partial charge in [0.05, 0.1) is 5.56 Å². The van der Waals surface area contributed by atoms with Crippen LogP contribution in [0.25, 0.3) is 0 Å². The molecule has 1 N–H and O–H groups in total. The Morgan fingerprint density at radius 3 is 2.58 bits per heavy atom. The molecule has 1 saturated carbocycles. The minimum absolute atomic E-state index is 0.0318. The molecule has 2 fully saturated rings. The first kappa shape index (κ1) is 30.0. The maximum Gasteiger partial charge on any atom is 0.252 e. The second kappa shape index (κ2) is 12.0. The highest BCUT2D eigenvalue weighted by molar-refractivity contribution is 6.31. The lowest BCUT2D eigenvalue weighted by Crippen LogP contribution is -2.54. The quantitative estimate of drug-likeness (QED) is 0.340. The standard InChI is InChI=1S/C30H24ClF4N5O3/c31-23-7-2-1-6-22(23)27(29(43)38-19-14-30(34,35)15-19)39(20-5-3-4-18(32)12-20)25(42)13-21-8-9-24(41)40(21)28-26(33)17(16-36)10-11-37-28/h1-7,10-12,19,21,27H,8-9,13-15H2,(H,38,43)/t21-,27-/m0/s1. The molecule has 0 spiro atoms. The van der Waals surface area contributed by atoms with Gasteiger partial charge in [0.15, 0.2) is 11.6 Å². The monoisotopic (exact) mass is 613 g/mol. The molecule has 0 unspecified atom stereocenters. The second-order valence-electron chi connectivity index (χ2n) is 10.4. The third kappa shape index (κ3) is 6.17. The Morgan fingerprint density at radius 1 is 1.16 bits per heavy atom. The highest BCUT2D eigenvalue weighted by atomic mass is 35.5. The molecule has 2 aliphatic rings. The van der Waals surface area contributed by atoms with Gasteiger partial charge in [-0.25, -0.2) is 22.5 Å². The summed E-state index contributed by atoms with van der Waals surface area (Å²) >= 11 is 6.46. The molecule has 3 aromatic rings. The van der Waals surface area contributed by atoms with E-state index >= 15 is 4.39 Å². The highest BCUT2D eigenvalue weighted by Gasteiger charge is 2.47. The molecular weight excluding hydrogens is 590 g/mol. The summed E-state index contributed by atoms with van der Waals surface area (Å²) in [5, 5.41) is 11.9. The fourth-order valence-corrected chi connectivity index (χ4v) is 5.65. The number of alkyl halides is 2. The van der Waals surface area contributed by atoms with Gasteiger partial charge >= 0.3 is 0 Å². The molecule has 1 aliphatic heterocycles. The summed E-state index contributed by atoms with van der Waals surface area (Å²) in [6.45, 7) is 0. The van der Waals surface area contributed by atoms with Gasteiger partial charge in [-0.05, 0) is 36.8 Å². The van der Waals surface area contributed by atoms with Gasteiger partial charge < -0.3 is 5.32 Å². The number of aromatic nitrogens is 1. The summed E-state index contributed by atoms with van der Waals surface area (Å²) in [7, 11) is 0. The van der Waals surface area contributed by atoms with Crippen LogP contribution in [0, 0.1) is 23.0 Å². The molecule has 0 bridgehead atoms. The fourth-order valence-electron chi connectivity index (χ4n) is 5.42. The van der Waals surface area contributed by atoms with Gasteiger partial charge in [-0.1, -0.05) is 35.9 Å². The van der Waals surface area contributed by atoms with E-state index in [2.05, 4.69) is 10.3 Å². The number of nitrogens with one attached hydrogen (secondary N) is 1. The molecular formula is C30H24ClF4N5O3. The van der Waals surface area contributed by atoms with Crippen LogP contribution in [0.5, 0.6) is 0 Å². The molecule has 0 radical (unpaired) electrons. The van der Waals surface area contributed by atoms with Crippen LogP contribution >= 0.6 is 11.6 Å². The van der Waals surface area contributed by atoms with Crippen molar-refractivity contribution in [1.82, 2.24) is 10.3 Å². The van der Waals surface area contributed by atoms with Gasteiger partial charge in [-0.15, -0.1) is 0 Å². The van der Waals surface area contributed by atoms with Gasteiger partial charge in [0.1, 0.15) is 17.9 Å². The van der Waals surface area contributed by atoms with E-state index in [0.29, 0.717) is 0 Å². The number of rotatable bonds is 8. The van der Waals surface area contributed by atoms with Crippen molar-refractivity contribution in [3.8, 4) is 6.07 Å². The van der Waals surface area contributed by atoms with Crippen LogP contribution < -0.4 is 15.1 Å². The molecule has 5 rings (SSSR count). The molecule has 1 aliphatic carbocycles. The minimum atomic E-state index is -2.93. The van der Waals surface area contributed by atoms with Crippen LogP contribution in [0.15, 0.2) is 60.8 Å². The van der Waals surface area contributed by atoms with Gasteiger partial charge in [0, 0.05) is 60.2 Å². The Bertz CT molecular complexity index is 1620. The number of anilines is 2. The van der Waals surface area contributed by atoms with Crippen molar-refractivity contribution in [3.63, 3.8) is 0 Å². The van der Waals surface area contributed by atoms with E-state index in [9.17, 15) is 32.8 Å². The maximum atomic E-state index is 15.1. The predicted octanol–water partition coefficient (Wildman–Crippen LogP) is 5.46. The van der Waals surface area contributed by atoms with Crippen molar-refractivity contribution in [1.29, 1.82) is 5.26 Å². The third-order valence-electron chi connectivity index (χ3n) is 7.45. The van der Waals surface area contributed by atoms with E-state index in [1.165, 1.54) is 30.5 Å². The Kier molecular flexibility index (Phi) is 8.37. The lowest BCUT2D eigenvalue weighted by molar-refractivity contribution is -0.133. The Morgan fingerprint density at radius 2 is 1.91 bits per heavy atom. The van der Waals surface area contributed by atoms with Gasteiger partial charge in [-0.3, -0.25) is 24.2 Å². The summed E-state index contributed by atoms with van der Waals surface area (Å²) in [6, 6.07) is 10.6. The van der Waals surface area contributed by atoms with Crippen molar-refractivity contribution < 1.29 is 31.9 Å². The van der Waals surface area contributed by atoms with E-state index in [4.69, 9.17) is 11.6 Å². The Balaban J connectivity index is 1.54. The lowest BCUT2D eigenvalue weighted by atomic mass is 9.87. The zero-order valence-corrected chi connectivity index (χ0v) is 23.2. The average molecular weight is 614 g/mol. The summed E-state index contributed by atoms with van der Waals surface area (Å²) < 4.78 is 56.7. The van der Waals surface area contributed by atoms with E-state index < -0.39 is 78.5 Å². The van der Waals surface area contributed by atoms with Crippen molar-refractivity contribution in [2.75, 3.05) is 9.80 Å². The number of benzene rings is 2. The van der Waals surface area contributed by atoms with Crippen molar-refractivity contribution in [3.05, 3.63) is 88.6 Å². The van der Waals surface area contributed by atoms with Crippen LogP contribution in [-0.4, -0.2) is 40.7 Å². The summed E-state index contributed by atoms with van der Waals surface area (Å²) in [5.74, 6) is -7.19. The summed E-state index contributed by atoms with van der Waals surface area (Å²) in [4.78, 5) is 46.7. The Labute approximate surface area is 248 Å². The summed E-state index contributed by atoms with van der Waals surface area (Å²) in [5.41, 5.74) is -0.219. The van der Waals surface area contributed by atoms with Gasteiger partial charge in [0.25, 0.3) is 5.92 Å². The summed E-state index contributed by atoms with van der Waals surface area (Å²) in [6.07, 6.45) is -0.361. The van der Waals surface area contributed by atoms with E-state index in [-0.39, 0.29) is 34.7 Å². The van der Waals surface area contributed by atoms with Crippen LogP contribution in [-0.2, 0) is 14.4 Å². The largest absolute Gasteiger partial charge is 0.351 e. The topological polar surface area (TPSA) is 106 Å². The molecule has 13 heteroatoms. The van der Waals surface area contributed by atoms with Crippen molar-refractivity contribution in [2.24, 2.45) is 0 Å². The zero-order chi connectivity index (χ0) is 30.9. The number of carbonyl (C=O) groups is 3. The molecule has 3 amide bonds. The molecule has 1 saturated heterocycles. The number of pyridine rings is 1. The van der Waals surface area contributed by atoms with E-state index in [1.54, 1.807) is 18.2 Å². The molecule has 2 aromatic carbocycles. The second-order valence-corrected chi connectivity index (χ2v) is 10.8. The number of hydrogen-bond donors (Lipinski definition) is 1. The molecule has 43 heavy (non-hydrogen) atoms. The van der Waals surface area contributed by atoms with E-state index in [0.717, 1.165) is 28.0 Å². The first-order valence-corrected chi connectivity index (χ1v) is 13.7. The van der Waals surface area contributed by atoms with Crippen LogP contribution in [0.3, 0.4) is 0 Å². The first-order valence-electron chi connectivity index (χ1n) is 13.4. The SMILES string of the molecule is N#Cc1ccnc(N2C(=O)CC[C@H]2CC(=O)N(c2cccc(F)c2)[C@H](C(=O)NC2CC(F)(F)C2)c2ccccc2Cl)c1F. The zero-order valence-electron chi connectivity index (χ0n) is 22.4. The molecule has 2 heterocycles. The molecule has 1 aromatic heterocycles. The van der Waals surface area contributed by atoms with E-state index in [1.807, 2.05) is 0 Å². The van der Waals surface area contributed by atoms with Crippen molar-refractivity contribution >= 4 is 40.8 Å². The normalized spacial score (nSPS) is 18.5. The maximum absolute atomic E-state index is 15.1. The molecule has 2 atom stereocenters. The fraction of sp³-hybridized carbons (Fsp3) is 0.300. The number of halogens is 5. The van der Waals surface area contributed by atoms with Gasteiger partial charge in [-0.2, -0.15) is 5.26 Å². The Hall–Kier alpha value is -4.50. The van der Waals surface area contributed by atoms with Crippen LogP contribution in [0.2, 0.25) is 5.02 Å². The van der Waals surface area contributed by atoms with Crippen LogP contribution in [0.4, 0.5) is 29.1 Å². The predicted molar refractivity (Wildman–Crippen MR) is 148 cm³/mol. The number of amides is 3. The van der Waals surface area contributed by atoms with Gasteiger partial charge in [0.2, 0.25) is 17.7 Å². The third-order valence-corrected chi connectivity index (χ3v) is 7.80. The smallest absolute Gasteiger partial charge is 0.252 e. The average Bonchev–Trinajstić information content (AvgIpc) is 3.30. The number of carbonyl (C=O) groups excluding carboxylic acids is 3. The number of hydrogen-bond acceptors (Lipinski definition) is 5. The highest BCUT2D eigenvalue weighted by Crippen LogP contribution is 2.39. The van der Waals surface area contributed by atoms with Crippen molar-refractivity contribution in [2.45, 2.75) is 56.2 Å². The number of nitrogens with zero attached hydrogens (tertiary/aromatic N) is 4. The first-order chi connectivity index (χ1) is 20.5. The minimum Gasteiger partial charge on any atom is -0.351 e.